The van der Waals surface area contributed by atoms with E-state index in [0.29, 0.717) is 36.5 Å². The molecular weight excluding hydrogens is 356 g/mol. The summed E-state index contributed by atoms with van der Waals surface area (Å²) < 4.78 is 16.8. The van der Waals surface area contributed by atoms with Crippen molar-refractivity contribution in [2.75, 3.05) is 14.2 Å². The molecule has 0 unspecified atom stereocenters. The first-order valence-electron chi connectivity index (χ1n) is 9.67. The number of aryl methyl sites for hydroxylation is 1. The Labute approximate surface area is 165 Å². The van der Waals surface area contributed by atoms with Gasteiger partial charge in [-0.05, 0) is 42.5 Å². The van der Waals surface area contributed by atoms with Crippen LogP contribution in [0.4, 0.5) is 0 Å². The third kappa shape index (κ3) is 3.61. The summed E-state index contributed by atoms with van der Waals surface area (Å²) in [7, 11) is 3.07. The lowest BCUT2D eigenvalue weighted by atomic mass is 9.98. The van der Waals surface area contributed by atoms with Crippen LogP contribution in [0.2, 0.25) is 0 Å². The number of fused-ring (bicyclic) bond motifs is 1. The molecule has 5 heteroatoms. The van der Waals surface area contributed by atoms with Crippen molar-refractivity contribution in [3.63, 3.8) is 0 Å². The zero-order valence-electron chi connectivity index (χ0n) is 16.8. The van der Waals surface area contributed by atoms with Gasteiger partial charge in [-0.2, -0.15) is 0 Å². The molecule has 28 heavy (non-hydrogen) atoms. The highest BCUT2D eigenvalue weighted by molar-refractivity contribution is 6.01. The standard InChI is InChI=1S/C23H26O5/c1-5-14(6-2)23(25)28-21-18(10-12-20(26-3)22(21)27-4)16-7-9-17-15(13-16)8-11-19(17)24/h7,9-10,12-14H,5-6,8,11H2,1-4H3. The number of hydrogen-bond donors (Lipinski definition) is 0. The molecule has 0 saturated heterocycles. The number of carbonyl (C=O) groups excluding carboxylic acids is 2. The van der Waals surface area contributed by atoms with E-state index in [-0.39, 0.29) is 17.7 Å². The van der Waals surface area contributed by atoms with Crippen LogP contribution in [0.5, 0.6) is 17.2 Å². The van der Waals surface area contributed by atoms with Crippen LogP contribution in [0.25, 0.3) is 11.1 Å². The Kier molecular flexibility index (Phi) is 6.02. The summed E-state index contributed by atoms with van der Waals surface area (Å²) in [5.74, 6) is 0.943. The fourth-order valence-electron chi connectivity index (χ4n) is 3.66. The predicted octanol–water partition coefficient (Wildman–Crippen LogP) is 4.84. The van der Waals surface area contributed by atoms with Crippen LogP contribution in [0.3, 0.4) is 0 Å². The third-order valence-electron chi connectivity index (χ3n) is 5.36. The van der Waals surface area contributed by atoms with Gasteiger partial charge >= 0.3 is 5.97 Å². The molecule has 0 fully saturated rings. The summed E-state index contributed by atoms with van der Waals surface area (Å²) in [5.41, 5.74) is 3.41. The first-order valence-corrected chi connectivity index (χ1v) is 9.67. The quantitative estimate of drug-likeness (QED) is 0.506. The van der Waals surface area contributed by atoms with E-state index in [2.05, 4.69) is 0 Å². The highest BCUT2D eigenvalue weighted by Gasteiger charge is 2.25. The molecule has 5 nitrogen and oxygen atoms in total. The van der Waals surface area contributed by atoms with Gasteiger partial charge in [0.2, 0.25) is 5.75 Å². The molecule has 0 bridgehead atoms. The van der Waals surface area contributed by atoms with Gasteiger partial charge in [0.1, 0.15) is 0 Å². The monoisotopic (exact) mass is 382 g/mol. The van der Waals surface area contributed by atoms with Gasteiger partial charge in [-0.3, -0.25) is 9.59 Å². The van der Waals surface area contributed by atoms with Crippen LogP contribution in [0, 0.1) is 5.92 Å². The van der Waals surface area contributed by atoms with Crippen molar-refractivity contribution in [3.8, 4) is 28.4 Å². The Morgan fingerprint density at radius 2 is 1.68 bits per heavy atom. The van der Waals surface area contributed by atoms with Crippen molar-refractivity contribution >= 4 is 11.8 Å². The first-order chi connectivity index (χ1) is 13.5. The molecular formula is C23H26O5. The second-order valence-electron chi connectivity index (χ2n) is 6.91. The summed E-state index contributed by atoms with van der Waals surface area (Å²) >= 11 is 0. The lowest BCUT2D eigenvalue weighted by molar-refractivity contribution is -0.139. The minimum atomic E-state index is -0.283. The normalized spacial score (nSPS) is 12.8. The van der Waals surface area contributed by atoms with E-state index in [1.807, 2.05) is 38.1 Å². The number of rotatable bonds is 7. The highest BCUT2D eigenvalue weighted by Crippen LogP contribution is 2.45. The minimum Gasteiger partial charge on any atom is -0.493 e. The van der Waals surface area contributed by atoms with Crippen LogP contribution in [-0.2, 0) is 11.2 Å². The van der Waals surface area contributed by atoms with Gasteiger partial charge < -0.3 is 14.2 Å². The topological polar surface area (TPSA) is 61.8 Å². The van der Waals surface area contributed by atoms with Crippen molar-refractivity contribution in [2.24, 2.45) is 5.92 Å². The van der Waals surface area contributed by atoms with Crippen LogP contribution >= 0.6 is 0 Å². The summed E-state index contributed by atoms with van der Waals surface area (Å²) in [6, 6.07) is 9.38. The molecule has 2 aromatic rings. The summed E-state index contributed by atoms with van der Waals surface area (Å²) in [6.45, 7) is 3.94. The molecule has 0 N–H and O–H groups in total. The smallest absolute Gasteiger partial charge is 0.314 e. The van der Waals surface area contributed by atoms with Crippen molar-refractivity contribution < 1.29 is 23.8 Å². The summed E-state index contributed by atoms with van der Waals surface area (Å²) in [4.78, 5) is 24.6. The molecule has 3 rings (SSSR count). The van der Waals surface area contributed by atoms with Gasteiger partial charge in [0.05, 0.1) is 20.1 Å². The fraction of sp³-hybridized carbons (Fsp3) is 0.391. The Balaban J connectivity index is 2.10. The van der Waals surface area contributed by atoms with Crippen molar-refractivity contribution in [2.45, 2.75) is 39.5 Å². The lowest BCUT2D eigenvalue weighted by Crippen LogP contribution is -2.20. The Bertz CT molecular complexity index is 896. The van der Waals surface area contributed by atoms with Crippen LogP contribution in [0.15, 0.2) is 30.3 Å². The maximum atomic E-state index is 12.7. The Morgan fingerprint density at radius 1 is 0.964 bits per heavy atom. The van der Waals surface area contributed by atoms with Gasteiger partial charge in [-0.15, -0.1) is 0 Å². The number of Topliss-reactive ketones (excluding diaryl/α,β-unsaturated/α-hetero) is 1. The fourth-order valence-corrected chi connectivity index (χ4v) is 3.66. The van der Waals surface area contributed by atoms with Gasteiger partial charge in [0, 0.05) is 17.5 Å². The molecule has 0 atom stereocenters. The van der Waals surface area contributed by atoms with E-state index in [9.17, 15) is 9.59 Å². The van der Waals surface area contributed by atoms with Gasteiger partial charge in [-0.1, -0.05) is 32.0 Å². The number of carbonyl (C=O) groups is 2. The molecule has 0 heterocycles. The third-order valence-corrected chi connectivity index (χ3v) is 5.36. The zero-order chi connectivity index (χ0) is 20.3. The van der Waals surface area contributed by atoms with Crippen LogP contribution in [-0.4, -0.2) is 26.0 Å². The average Bonchev–Trinajstić information content (AvgIpc) is 3.08. The maximum Gasteiger partial charge on any atom is 0.314 e. The van der Waals surface area contributed by atoms with Gasteiger partial charge in [-0.25, -0.2) is 0 Å². The molecule has 0 saturated carbocycles. The van der Waals surface area contributed by atoms with E-state index in [1.54, 1.807) is 13.2 Å². The molecule has 0 radical (unpaired) electrons. The Morgan fingerprint density at radius 3 is 2.32 bits per heavy atom. The minimum absolute atomic E-state index is 0.175. The summed E-state index contributed by atoms with van der Waals surface area (Å²) in [5, 5.41) is 0. The van der Waals surface area contributed by atoms with E-state index < -0.39 is 0 Å². The van der Waals surface area contributed by atoms with E-state index in [4.69, 9.17) is 14.2 Å². The number of ether oxygens (including phenoxy) is 3. The molecule has 1 aliphatic rings. The van der Waals surface area contributed by atoms with Crippen molar-refractivity contribution in [3.05, 3.63) is 41.5 Å². The molecule has 0 amide bonds. The molecule has 2 aromatic carbocycles. The number of ketones is 1. The number of methoxy groups -OCH3 is 2. The van der Waals surface area contributed by atoms with E-state index in [0.717, 1.165) is 28.7 Å². The predicted molar refractivity (Wildman–Crippen MR) is 107 cm³/mol. The van der Waals surface area contributed by atoms with Crippen LogP contribution < -0.4 is 14.2 Å². The van der Waals surface area contributed by atoms with E-state index >= 15 is 0 Å². The molecule has 148 valence electrons. The first kappa shape index (κ1) is 19.9. The molecule has 0 aliphatic heterocycles. The van der Waals surface area contributed by atoms with Crippen LogP contribution in [0.1, 0.15) is 49.0 Å². The second-order valence-corrected chi connectivity index (χ2v) is 6.91. The zero-order valence-corrected chi connectivity index (χ0v) is 16.8. The molecule has 0 aromatic heterocycles. The maximum absolute atomic E-state index is 12.7. The van der Waals surface area contributed by atoms with Gasteiger partial charge in [0.25, 0.3) is 0 Å². The van der Waals surface area contributed by atoms with Crippen molar-refractivity contribution in [1.82, 2.24) is 0 Å². The number of esters is 1. The molecule has 1 aliphatic carbocycles. The van der Waals surface area contributed by atoms with Crippen molar-refractivity contribution in [1.29, 1.82) is 0 Å². The van der Waals surface area contributed by atoms with Gasteiger partial charge in [0.15, 0.2) is 17.3 Å². The summed E-state index contributed by atoms with van der Waals surface area (Å²) in [6.07, 6.45) is 2.69. The number of hydrogen-bond acceptors (Lipinski definition) is 5. The average molecular weight is 382 g/mol. The number of benzene rings is 2. The highest BCUT2D eigenvalue weighted by atomic mass is 16.6. The lowest BCUT2D eigenvalue weighted by Gasteiger charge is -2.19. The van der Waals surface area contributed by atoms with E-state index in [1.165, 1.54) is 7.11 Å². The Hall–Kier alpha value is -2.82. The largest absolute Gasteiger partial charge is 0.493 e. The molecule has 0 spiro atoms. The second kappa shape index (κ2) is 8.46. The SMILES string of the molecule is CCC(CC)C(=O)Oc1c(-c2ccc3c(c2)CCC3=O)ccc(OC)c1OC.